The first-order valence-electron chi connectivity index (χ1n) is 5.68. The van der Waals surface area contributed by atoms with Gasteiger partial charge in [-0.1, -0.05) is 15.9 Å². The lowest BCUT2D eigenvalue weighted by molar-refractivity contribution is 0.414. The lowest BCUT2D eigenvalue weighted by atomic mass is 10.2. The molecule has 2 rings (SSSR count). The highest BCUT2D eigenvalue weighted by atomic mass is 79.9. The molecule has 0 fully saturated rings. The number of anilines is 1. The molecule has 0 bridgehead atoms. The van der Waals surface area contributed by atoms with Gasteiger partial charge in [0.05, 0.1) is 19.0 Å². The maximum Gasteiger partial charge on any atom is 0.151 e. The van der Waals surface area contributed by atoms with Crippen molar-refractivity contribution < 1.29 is 13.5 Å². The molecule has 1 N–H and O–H groups in total. The summed E-state index contributed by atoms with van der Waals surface area (Å²) < 4.78 is 32.2. The van der Waals surface area contributed by atoms with E-state index in [1.54, 1.807) is 13.2 Å². The lowest BCUT2D eigenvalue weighted by Crippen LogP contribution is -1.96. The number of hydrazone groups is 1. The molecule has 0 aromatic heterocycles. The number of hydrogen-bond donors (Lipinski definition) is 1. The molecule has 104 valence electrons. The van der Waals surface area contributed by atoms with Crippen LogP contribution in [0.1, 0.15) is 5.56 Å². The number of methoxy groups -OCH3 is 1. The van der Waals surface area contributed by atoms with Gasteiger partial charge >= 0.3 is 0 Å². The van der Waals surface area contributed by atoms with Gasteiger partial charge in [-0.05, 0) is 30.3 Å². The second-order valence-corrected chi connectivity index (χ2v) is 4.80. The number of nitrogens with one attached hydrogen (secondary N) is 1. The molecule has 0 heterocycles. The highest BCUT2D eigenvalue weighted by Crippen LogP contribution is 2.21. The van der Waals surface area contributed by atoms with Gasteiger partial charge in [-0.3, -0.25) is 5.43 Å². The summed E-state index contributed by atoms with van der Waals surface area (Å²) in [4.78, 5) is 0. The average Bonchev–Trinajstić information content (AvgIpc) is 2.41. The second-order valence-electron chi connectivity index (χ2n) is 3.88. The molecule has 0 saturated carbocycles. The Kier molecular flexibility index (Phi) is 4.68. The van der Waals surface area contributed by atoms with Gasteiger partial charge in [0, 0.05) is 16.1 Å². The summed E-state index contributed by atoms with van der Waals surface area (Å²) in [6, 6.07) is 8.65. The summed E-state index contributed by atoms with van der Waals surface area (Å²) in [7, 11) is 1.55. The zero-order valence-electron chi connectivity index (χ0n) is 10.5. The van der Waals surface area contributed by atoms with Gasteiger partial charge in [-0.15, -0.1) is 0 Å². The predicted molar refractivity (Wildman–Crippen MR) is 78.3 cm³/mol. The van der Waals surface area contributed by atoms with Crippen molar-refractivity contribution in [3.05, 3.63) is 58.1 Å². The summed E-state index contributed by atoms with van der Waals surface area (Å²) in [6.45, 7) is 0. The van der Waals surface area contributed by atoms with Crippen molar-refractivity contribution in [1.82, 2.24) is 0 Å². The Morgan fingerprint density at radius 3 is 2.70 bits per heavy atom. The summed E-state index contributed by atoms with van der Waals surface area (Å²) >= 11 is 3.34. The summed E-state index contributed by atoms with van der Waals surface area (Å²) in [6.07, 6.45) is 1.49. The quantitative estimate of drug-likeness (QED) is 0.669. The van der Waals surface area contributed by atoms with E-state index in [1.807, 2.05) is 12.1 Å². The summed E-state index contributed by atoms with van der Waals surface area (Å²) in [5, 5.41) is 3.91. The van der Waals surface area contributed by atoms with E-state index in [0.29, 0.717) is 5.75 Å². The van der Waals surface area contributed by atoms with E-state index < -0.39 is 11.6 Å². The van der Waals surface area contributed by atoms with Crippen LogP contribution in [0, 0.1) is 11.6 Å². The lowest BCUT2D eigenvalue weighted by Gasteiger charge is -2.05. The van der Waals surface area contributed by atoms with Crippen LogP contribution in [0.2, 0.25) is 0 Å². The van der Waals surface area contributed by atoms with Crippen LogP contribution in [0.15, 0.2) is 46.0 Å². The molecule has 0 aliphatic heterocycles. The van der Waals surface area contributed by atoms with Crippen LogP contribution in [0.5, 0.6) is 5.75 Å². The van der Waals surface area contributed by atoms with E-state index in [9.17, 15) is 8.78 Å². The van der Waals surface area contributed by atoms with E-state index in [-0.39, 0.29) is 5.69 Å². The zero-order valence-corrected chi connectivity index (χ0v) is 12.1. The van der Waals surface area contributed by atoms with Crippen molar-refractivity contribution in [2.45, 2.75) is 0 Å². The van der Waals surface area contributed by atoms with Crippen molar-refractivity contribution in [2.75, 3.05) is 12.5 Å². The first-order valence-corrected chi connectivity index (χ1v) is 6.47. The molecule has 0 unspecified atom stereocenters. The van der Waals surface area contributed by atoms with Crippen LogP contribution in [0.3, 0.4) is 0 Å². The number of benzene rings is 2. The molecule has 6 heteroatoms. The van der Waals surface area contributed by atoms with Gasteiger partial charge in [-0.25, -0.2) is 8.78 Å². The Bertz CT molecular complexity index is 647. The largest absolute Gasteiger partial charge is 0.496 e. The fraction of sp³-hybridized carbons (Fsp3) is 0.0714. The van der Waals surface area contributed by atoms with E-state index >= 15 is 0 Å². The molecule has 0 saturated heterocycles. The van der Waals surface area contributed by atoms with Crippen molar-refractivity contribution in [1.29, 1.82) is 0 Å². The summed E-state index contributed by atoms with van der Waals surface area (Å²) in [5.41, 5.74) is 3.33. The molecule has 0 aliphatic rings. The van der Waals surface area contributed by atoms with Crippen LogP contribution >= 0.6 is 15.9 Å². The Morgan fingerprint density at radius 2 is 2.00 bits per heavy atom. The maximum atomic E-state index is 13.4. The van der Waals surface area contributed by atoms with Gasteiger partial charge in [0.2, 0.25) is 0 Å². The van der Waals surface area contributed by atoms with E-state index in [0.717, 1.165) is 22.2 Å². The fourth-order valence-corrected chi connectivity index (χ4v) is 1.94. The highest BCUT2D eigenvalue weighted by molar-refractivity contribution is 9.10. The van der Waals surface area contributed by atoms with Crippen molar-refractivity contribution >= 4 is 27.8 Å². The number of hydrogen-bond acceptors (Lipinski definition) is 3. The van der Waals surface area contributed by atoms with Crippen LogP contribution < -0.4 is 10.2 Å². The third-order valence-electron chi connectivity index (χ3n) is 2.51. The van der Waals surface area contributed by atoms with Gasteiger partial charge < -0.3 is 4.74 Å². The smallest absolute Gasteiger partial charge is 0.151 e. The molecule has 0 spiro atoms. The number of halogens is 3. The van der Waals surface area contributed by atoms with Crippen LogP contribution in [0.4, 0.5) is 14.5 Å². The molecule has 0 aliphatic carbocycles. The highest BCUT2D eigenvalue weighted by Gasteiger charge is 2.03. The van der Waals surface area contributed by atoms with Crippen LogP contribution in [-0.4, -0.2) is 13.3 Å². The molecule has 20 heavy (non-hydrogen) atoms. The first-order chi connectivity index (χ1) is 9.60. The average molecular weight is 341 g/mol. The van der Waals surface area contributed by atoms with Crippen LogP contribution in [0.25, 0.3) is 0 Å². The zero-order chi connectivity index (χ0) is 14.5. The minimum Gasteiger partial charge on any atom is -0.496 e. The molecular formula is C14H11BrF2N2O. The third kappa shape index (κ3) is 3.54. The SMILES string of the molecule is COc1ccc(Br)cc1/C=N\Nc1ccc(F)cc1F. The third-order valence-corrected chi connectivity index (χ3v) is 3.00. The van der Waals surface area contributed by atoms with Crippen molar-refractivity contribution in [2.24, 2.45) is 5.10 Å². The van der Waals surface area contributed by atoms with E-state index in [4.69, 9.17) is 4.74 Å². The van der Waals surface area contributed by atoms with E-state index in [1.165, 1.54) is 12.3 Å². The normalized spacial score (nSPS) is 10.8. The van der Waals surface area contributed by atoms with Crippen LogP contribution in [-0.2, 0) is 0 Å². The number of ether oxygens (including phenoxy) is 1. The van der Waals surface area contributed by atoms with Gasteiger partial charge in [0.25, 0.3) is 0 Å². The van der Waals surface area contributed by atoms with Gasteiger partial charge in [-0.2, -0.15) is 5.10 Å². The Balaban J connectivity index is 2.16. The van der Waals surface area contributed by atoms with Crippen molar-refractivity contribution in [3.63, 3.8) is 0 Å². The predicted octanol–water partition coefficient (Wildman–Crippen LogP) is 4.18. The van der Waals surface area contributed by atoms with Gasteiger partial charge in [0.15, 0.2) is 5.82 Å². The molecule has 0 atom stereocenters. The minimum absolute atomic E-state index is 0.0941. The molecule has 0 radical (unpaired) electrons. The van der Waals surface area contributed by atoms with E-state index in [2.05, 4.69) is 26.5 Å². The molecular weight excluding hydrogens is 330 g/mol. The standard InChI is InChI=1S/C14H11BrF2N2O/c1-20-14-5-2-10(15)6-9(14)8-18-19-13-4-3-11(16)7-12(13)17/h2-8,19H,1H3/b18-8-. The van der Waals surface area contributed by atoms with Crippen molar-refractivity contribution in [3.8, 4) is 5.75 Å². The summed E-state index contributed by atoms with van der Waals surface area (Å²) in [5.74, 6) is -0.702. The maximum absolute atomic E-state index is 13.4. The van der Waals surface area contributed by atoms with Gasteiger partial charge in [0.1, 0.15) is 11.6 Å². The number of nitrogens with zero attached hydrogens (tertiary/aromatic N) is 1. The minimum atomic E-state index is -0.705. The Labute approximate surface area is 123 Å². The second kappa shape index (κ2) is 6.47. The first kappa shape index (κ1) is 14.5. The Morgan fingerprint density at radius 1 is 1.20 bits per heavy atom. The molecule has 2 aromatic carbocycles. The Hall–Kier alpha value is -1.95. The fourth-order valence-electron chi connectivity index (χ4n) is 1.56. The molecule has 0 amide bonds. The molecule has 2 aromatic rings. The monoisotopic (exact) mass is 340 g/mol. The topological polar surface area (TPSA) is 33.6 Å². The molecule has 3 nitrogen and oxygen atoms in total. The number of rotatable bonds is 4.